The zero-order valence-corrected chi connectivity index (χ0v) is 27.4. The first-order chi connectivity index (χ1) is 26.1. The molecule has 54 heavy (non-hydrogen) atoms. The molecule has 2 unspecified atom stereocenters. The monoisotopic (exact) mass is 738 g/mol. The molecule has 2 atom stereocenters. The van der Waals surface area contributed by atoms with Crippen LogP contribution in [0.1, 0.15) is 22.3 Å². The van der Waals surface area contributed by atoms with Gasteiger partial charge in [0.1, 0.15) is 34.2 Å². The van der Waals surface area contributed by atoms with Crippen LogP contribution < -0.4 is 20.7 Å². The van der Waals surface area contributed by atoms with Gasteiger partial charge in [-0.25, -0.2) is 20.1 Å². The zero-order valence-electron chi connectivity index (χ0n) is 27.4. The van der Waals surface area contributed by atoms with Crippen LogP contribution in [0.5, 0.6) is 23.0 Å². The molecule has 6 aromatic rings. The zero-order chi connectivity index (χ0) is 37.8. The van der Waals surface area contributed by atoms with Gasteiger partial charge in [-0.2, -0.15) is 19.6 Å². The van der Waals surface area contributed by atoms with Crippen molar-refractivity contribution in [2.75, 3.05) is 0 Å². The molecule has 274 valence electrons. The van der Waals surface area contributed by atoms with Gasteiger partial charge >= 0.3 is 11.3 Å². The van der Waals surface area contributed by atoms with Crippen LogP contribution in [0, 0.1) is 0 Å². The summed E-state index contributed by atoms with van der Waals surface area (Å²) in [5.41, 5.74) is -4.30. The quantitative estimate of drug-likeness (QED) is 0.0428. The molecule has 0 fully saturated rings. The van der Waals surface area contributed by atoms with E-state index in [1.54, 1.807) is 24.3 Å². The second kappa shape index (κ2) is 13.1. The fourth-order valence-electron chi connectivity index (χ4n) is 6.53. The lowest BCUT2D eigenvalue weighted by Crippen LogP contribution is -2.46. The molecule has 2 aromatic heterocycles. The lowest BCUT2D eigenvalue weighted by molar-refractivity contribution is -0.570. The van der Waals surface area contributed by atoms with Crippen LogP contribution in [-0.4, -0.2) is 30.9 Å². The van der Waals surface area contributed by atoms with Gasteiger partial charge in [-0.1, -0.05) is 48.5 Å². The van der Waals surface area contributed by atoms with Crippen molar-refractivity contribution < 1.29 is 68.8 Å². The molecular weight excluding hydrogens is 712 g/mol. The Morgan fingerprint density at radius 3 is 1.30 bits per heavy atom. The largest absolute Gasteiger partial charge is 0.507 e. The molecular formula is C38H26O16. The average molecular weight is 739 g/mol. The van der Waals surface area contributed by atoms with Gasteiger partial charge in [-0.05, 0) is 48.5 Å². The van der Waals surface area contributed by atoms with E-state index in [-0.39, 0.29) is 44.6 Å². The Hall–Kier alpha value is -6.66. The van der Waals surface area contributed by atoms with E-state index in [0.29, 0.717) is 0 Å². The van der Waals surface area contributed by atoms with Gasteiger partial charge in [-0.3, -0.25) is 0 Å². The second-order valence-electron chi connectivity index (χ2n) is 12.1. The van der Waals surface area contributed by atoms with Crippen LogP contribution in [0.4, 0.5) is 0 Å². The van der Waals surface area contributed by atoms with E-state index in [0.717, 1.165) is 0 Å². The molecule has 0 amide bonds. The Labute approximate surface area is 301 Å². The van der Waals surface area contributed by atoms with Gasteiger partial charge in [-0.15, -0.1) is 0 Å². The summed E-state index contributed by atoms with van der Waals surface area (Å²) in [5.74, 6) is -8.92. The first-order valence-electron chi connectivity index (χ1n) is 16.0. The van der Waals surface area contributed by atoms with E-state index >= 15 is 0 Å². The Balaban J connectivity index is 1.28. The van der Waals surface area contributed by atoms with Crippen molar-refractivity contribution in [1.29, 1.82) is 0 Å². The molecule has 0 bridgehead atoms. The van der Waals surface area contributed by atoms with E-state index in [2.05, 4.69) is 0 Å². The number of aliphatic hydroxyl groups excluding tert-OH is 2. The van der Waals surface area contributed by atoms with Crippen molar-refractivity contribution in [3.05, 3.63) is 163 Å². The second-order valence-corrected chi connectivity index (χ2v) is 12.1. The van der Waals surface area contributed by atoms with Gasteiger partial charge in [0.2, 0.25) is 0 Å². The predicted molar refractivity (Wildman–Crippen MR) is 182 cm³/mol. The van der Waals surface area contributed by atoms with Gasteiger partial charge in [0, 0.05) is 12.8 Å². The number of ether oxygens (including phenoxy) is 2. The normalized spacial score (nSPS) is 19.4. The predicted octanol–water partition coefficient (Wildman–Crippen LogP) is 6.05. The number of aromatic hydroxyl groups is 2. The average Bonchev–Trinajstić information content (AvgIpc) is 3.18. The molecule has 2 aliphatic rings. The SMILES string of the molecule is O=c1oc2ccccc2c(O)c1CC1=C(O)Oc2ccccc2C1(OO)OOC1(OO)C(Cc2c(O)c3ccccc3oc2=O)=C(O)Oc2ccccc21. The van der Waals surface area contributed by atoms with Crippen molar-refractivity contribution in [3.8, 4) is 23.0 Å². The summed E-state index contributed by atoms with van der Waals surface area (Å²) >= 11 is 0. The van der Waals surface area contributed by atoms with Crippen LogP contribution in [0.25, 0.3) is 21.9 Å². The summed E-state index contributed by atoms with van der Waals surface area (Å²) in [5, 5.41) is 66.7. The van der Waals surface area contributed by atoms with Crippen molar-refractivity contribution in [1.82, 2.24) is 0 Å². The van der Waals surface area contributed by atoms with Crippen molar-refractivity contribution in [2.24, 2.45) is 0 Å². The highest BCUT2D eigenvalue weighted by molar-refractivity contribution is 5.85. The van der Waals surface area contributed by atoms with Crippen LogP contribution in [-0.2, 0) is 44.0 Å². The number of fused-ring (bicyclic) bond motifs is 4. The van der Waals surface area contributed by atoms with Crippen LogP contribution in [0.15, 0.2) is 139 Å². The van der Waals surface area contributed by atoms with E-state index in [1.807, 2.05) is 0 Å². The third-order valence-corrected chi connectivity index (χ3v) is 9.20. The summed E-state index contributed by atoms with van der Waals surface area (Å²) < 4.78 is 22.0. The number of hydrogen-bond donors (Lipinski definition) is 6. The molecule has 16 heteroatoms. The standard InChI is InChI=1S/C38H26O16/c39-31-19-9-1-5-13-27(19)47-33(41)21(31)17-25-35(43)49-29-15-7-3-11-23(29)37(25,51-45)53-54-38(52-46)24-12-4-8-16-30(24)50-36(44)26(38)18-22-32(40)20-10-2-6-14-28(20)48-34(22)42/h1-16,39-40,43-46H,17-18H2. The minimum atomic E-state index is -2.81. The van der Waals surface area contributed by atoms with Crippen molar-refractivity contribution in [3.63, 3.8) is 0 Å². The minimum Gasteiger partial charge on any atom is -0.507 e. The van der Waals surface area contributed by atoms with E-state index in [1.165, 1.54) is 72.8 Å². The molecule has 0 saturated heterocycles. The van der Waals surface area contributed by atoms with E-state index < -0.39 is 81.3 Å². The number of hydrogen-bond acceptors (Lipinski definition) is 16. The molecule has 0 saturated carbocycles. The lowest BCUT2D eigenvalue weighted by atomic mass is 9.89. The Morgan fingerprint density at radius 1 is 0.519 bits per heavy atom. The summed E-state index contributed by atoms with van der Waals surface area (Å²) in [4.78, 5) is 48.1. The summed E-state index contributed by atoms with van der Waals surface area (Å²) in [7, 11) is 0. The molecule has 0 aliphatic carbocycles. The first kappa shape index (κ1) is 34.4. The maximum absolute atomic E-state index is 13.2. The number of benzene rings is 4. The molecule has 2 aliphatic heterocycles. The first-order valence-corrected chi connectivity index (χ1v) is 16.0. The fourth-order valence-corrected chi connectivity index (χ4v) is 6.53. The van der Waals surface area contributed by atoms with Crippen LogP contribution >= 0.6 is 0 Å². The third-order valence-electron chi connectivity index (χ3n) is 9.20. The van der Waals surface area contributed by atoms with Crippen molar-refractivity contribution >= 4 is 21.9 Å². The lowest BCUT2D eigenvalue weighted by Gasteiger charge is -2.40. The third kappa shape index (κ3) is 5.25. The number of rotatable bonds is 9. The summed E-state index contributed by atoms with van der Waals surface area (Å²) in [6, 6.07) is 23.6. The highest BCUT2D eigenvalue weighted by Crippen LogP contribution is 2.52. The summed E-state index contributed by atoms with van der Waals surface area (Å²) in [6.07, 6.45) is -1.54. The Bertz CT molecular complexity index is 2470. The minimum absolute atomic E-state index is 0.0577. The van der Waals surface area contributed by atoms with Crippen LogP contribution in [0.3, 0.4) is 0 Å². The van der Waals surface area contributed by atoms with E-state index in [9.17, 15) is 40.5 Å². The van der Waals surface area contributed by atoms with Gasteiger partial charge < -0.3 is 38.7 Å². The molecule has 0 spiro atoms. The molecule has 16 nitrogen and oxygen atoms in total. The molecule has 0 radical (unpaired) electrons. The summed E-state index contributed by atoms with van der Waals surface area (Å²) in [6.45, 7) is 0. The van der Waals surface area contributed by atoms with E-state index in [4.69, 9.17) is 37.9 Å². The Morgan fingerprint density at radius 2 is 0.889 bits per heavy atom. The van der Waals surface area contributed by atoms with Crippen LogP contribution in [0.2, 0.25) is 0 Å². The molecule has 4 aromatic carbocycles. The smallest absolute Gasteiger partial charge is 0.343 e. The molecule has 6 N–H and O–H groups in total. The Kier molecular flexibility index (Phi) is 8.34. The fraction of sp³-hybridized carbons (Fsp3) is 0.105. The maximum Gasteiger partial charge on any atom is 0.343 e. The number of para-hydroxylation sites is 4. The highest BCUT2D eigenvalue weighted by Gasteiger charge is 2.56. The molecule has 8 rings (SSSR count). The van der Waals surface area contributed by atoms with Gasteiger partial charge in [0.25, 0.3) is 23.5 Å². The topological polar surface area (TPSA) is 237 Å². The van der Waals surface area contributed by atoms with Crippen molar-refractivity contribution in [2.45, 2.75) is 24.4 Å². The highest BCUT2D eigenvalue weighted by atomic mass is 17.3. The van der Waals surface area contributed by atoms with Gasteiger partial charge in [0.05, 0.1) is 44.2 Å². The molecule has 4 heterocycles. The number of aliphatic hydroxyl groups is 2. The maximum atomic E-state index is 13.2. The van der Waals surface area contributed by atoms with Gasteiger partial charge in [0.15, 0.2) is 0 Å².